The summed E-state index contributed by atoms with van der Waals surface area (Å²) in [7, 11) is 0. The zero-order chi connectivity index (χ0) is 17.1. The first kappa shape index (κ1) is 16.8. The van der Waals surface area contributed by atoms with Gasteiger partial charge in [-0.25, -0.2) is 14.4 Å². The number of benzene rings is 1. The molecule has 24 heavy (non-hydrogen) atoms. The molecule has 1 aromatic heterocycles. The third-order valence-electron chi connectivity index (χ3n) is 4.54. The van der Waals surface area contributed by atoms with Gasteiger partial charge in [0.15, 0.2) is 0 Å². The van der Waals surface area contributed by atoms with E-state index in [0.717, 1.165) is 67.0 Å². The third kappa shape index (κ3) is 3.90. The third-order valence-corrected chi connectivity index (χ3v) is 4.54. The molecule has 2 heterocycles. The fraction of sp³-hybridized carbons (Fsp3) is 0.474. The van der Waals surface area contributed by atoms with Crippen molar-refractivity contribution in [3.05, 3.63) is 41.9 Å². The Hall–Kier alpha value is -2.01. The molecule has 1 N–H and O–H groups in total. The molecule has 1 aliphatic rings. The Bertz CT molecular complexity index is 743. The highest BCUT2D eigenvalue weighted by Gasteiger charge is 2.19. The highest BCUT2D eigenvalue weighted by molar-refractivity contribution is 5.81. The van der Waals surface area contributed by atoms with Gasteiger partial charge in [0.05, 0.1) is 11.2 Å². The lowest BCUT2D eigenvalue weighted by Crippen LogP contribution is -2.32. The number of halogens is 1. The Morgan fingerprint density at radius 3 is 2.96 bits per heavy atom. The summed E-state index contributed by atoms with van der Waals surface area (Å²) < 4.78 is 13.4. The molecular weight excluding hydrogens is 303 g/mol. The molecule has 3 rings (SSSR count). The van der Waals surface area contributed by atoms with Crippen molar-refractivity contribution in [3.63, 3.8) is 0 Å². The van der Waals surface area contributed by atoms with E-state index >= 15 is 0 Å². The summed E-state index contributed by atoms with van der Waals surface area (Å²) in [6, 6.07) is 5.22. The highest BCUT2D eigenvalue weighted by atomic mass is 19.1. The van der Waals surface area contributed by atoms with Crippen molar-refractivity contribution >= 4 is 16.9 Å². The summed E-state index contributed by atoms with van der Waals surface area (Å²) in [6.07, 6.45) is 3.33. The molecule has 1 aliphatic heterocycles. The number of aromatic nitrogens is 2. The topological polar surface area (TPSA) is 41.0 Å². The van der Waals surface area contributed by atoms with Crippen molar-refractivity contribution in [1.29, 1.82) is 0 Å². The zero-order valence-corrected chi connectivity index (χ0v) is 14.5. The van der Waals surface area contributed by atoms with E-state index < -0.39 is 0 Å². The van der Waals surface area contributed by atoms with E-state index in [1.54, 1.807) is 6.07 Å². The Morgan fingerprint density at radius 1 is 1.33 bits per heavy atom. The molecule has 1 fully saturated rings. The lowest BCUT2D eigenvalue weighted by atomic mass is 10.1. The van der Waals surface area contributed by atoms with E-state index in [0.29, 0.717) is 6.04 Å². The van der Waals surface area contributed by atoms with Gasteiger partial charge in [0.2, 0.25) is 5.95 Å². The maximum absolute atomic E-state index is 13.4. The van der Waals surface area contributed by atoms with Gasteiger partial charge in [-0.05, 0) is 51.3 Å². The number of rotatable bonds is 4. The number of anilines is 1. The Labute approximate surface area is 142 Å². The van der Waals surface area contributed by atoms with Crippen LogP contribution in [0.25, 0.3) is 10.9 Å². The quantitative estimate of drug-likeness (QED) is 0.871. The van der Waals surface area contributed by atoms with Gasteiger partial charge in [-0.15, -0.1) is 0 Å². The number of hydrogen-bond acceptors (Lipinski definition) is 4. The average Bonchev–Trinajstić information content (AvgIpc) is 2.79. The van der Waals surface area contributed by atoms with Crippen LogP contribution in [0.5, 0.6) is 0 Å². The second-order valence-corrected chi connectivity index (χ2v) is 6.72. The molecule has 0 unspecified atom stereocenters. The van der Waals surface area contributed by atoms with E-state index in [1.165, 1.54) is 12.1 Å². The van der Waals surface area contributed by atoms with Gasteiger partial charge in [0.25, 0.3) is 0 Å². The zero-order valence-electron chi connectivity index (χ0n) is 14.5. The smallest absolute Gasteiger partial charge is 0.226 e. The Balaban J connectivity index is 1.75. The monoisotopic (exact) mass is 328 g/mol. The molecule has 1 atom stereocenters. The molecule has 0 bridgehead atoms. The second kappa shape index (κ2) is 7.26. The van der Waals surface area contributed by atoms with Gasteiger partial charge in [-0.1, -0.05) is 12.2 Å². The van der Waals surface area contributed by atoms with Crippen molar-refractivity contribution < 1.29 is 4.39 Å². The first-order chi connectivity index (χ1) is 11.5. The van der Waals surface area contributed by atoms with Crippen molar-refractivity contribution in [1.82, 2.24) is 15.3 Å². The summed E-state index contributed by atoms with van der Waals surface area (Å²) in [5, 5.41) is 4.36. The molecule has 0 spiro atoms. The molecule has 0 aliphatic carbocycles. The molecule has 2 aromatic rings. The normalized spacial score (nSPS) is 18.6. The van der Waals surface area contributed by atoms with Crippen LogP contribution in [0.1, 0.15) is 31.9 Å². The van der Waals surface area contributed by atoms with Crippen molar-refractivity contribution in [2.75, 3.05) is 24.5 Å². The van der Waals surface area contributed by atoms with Gasteiger partial charge in [0.1, 0.15) is 5.82 Å². The predicted octanol–water partition coefficient (Wildman–Crippen LogP) is 3.60. The summed E-state index contributed by atoms with van der Waals surface area (Å²) in [5.41, 5.74) is 2.80. The van der Waals surface area contributed by atoms with Crippen LogP contribution in [0.2, 0.25) is 0 Å². The SMILES string of the molecule is C=C(C)CN[C@H]1CCCN(c2nc(C)c3cc(F)ccc3n2)CC1. The van der Waals surface area contributed by atoms with Crippen molar-refractivity contribution in [3.8, 4) is 0 Å². The fourth-order valence-corrected chi connectivity index (χ4v) is 3.20. The van der Waals surface area contributed by atoms with Gasteiger partial charge >= 0.3 is 0 Å². The van der Waals surface area contributed by atoms with Gasteiger partial charge < -0.3 is 10.2 Å². The minimum Gasteiger partial charge on any atom is -0.341 e. The lowest BCUT2D eigenvalue weighted by molar-refractivity contribution is 0.489. The van der Waals surface area contributed by atoms with E-state index in [9.17, 15) is 4.39 Å². The van der Waals surface area contributed by atoms with Crippen molar-refractivity contribution in [2.24, 2.45) is 0 Å². The minimum atomic E-state index is -0.247. The van der Waals surface area contributed by atoms with E-state index in [2.05, 4.69) is 26.8 Å². The number of hydrogen-bond donors (Lipinski definition) is 1. The van der Waals surface area contributed by atoms with Crippen LogP contribution in [-0.4, -0.2) is 35.6 Å². The Morgan fingerprint density at radius 2 is 2.17 bits per heavy atom. The molecule has 0 amide bonds. The summed E-state index contributed by atoms with van der Waals surface area (Å²) in [4.78, 5) is 11.5. The first-order valence-electron chi connectivity index (χ1n) is 8.59. The molecule has 0 radical (unpaired) electrons. The van der Waals surface area contributed by atoms with Gasteiger partial charge in [-0.3, -0.25) is 0 Å². The Kier molecular flexibility index (Phi) is 5.09. The lowest BCUT2D eigenvalue weighted by Gasteiger charge is -2.21. The predicted molar refractivity (Wildman–Crippen MR) is 96.9 cm³/mol. The van der Waals surface area contributed by atoms with Gasteiger partial charge in [-0.2, -0.15) is 0 Å². The van der Waals surface area contributed by atoms with Crippen LogP contribution >= 0.6 is 0 Å². The van der Waals surface area contributed by atoms with Crippen LogP contribution < -0.4 is 10.2 Å². The van der Waals surface area contributed by atoms with Crippen LogP contribution in [0, 0.1) is 12.7 Å². The standard InChI is InChI=1S/C19H25FN4/c1-13(2)12-21-16-5-4-9-24(10-8-16)19-22-14(3)17-11-15(20)6-7-18(17)23-19/h6-7,11,16,21H,1,4-5,8-10,12H2,2-3H3/t16-/m0/s1. The molecule has 1 aromatic carbocycles. The van der Waals surface area contributed by atoms with Gasteiger partial charge in [0, 0.05) is 31.1 Å². The van der Waals surface area contributed by atoms with Crippen LogP contribution in [0.4, 0.5) is 10.3 Å². The molecule has 4 nitrogen and oxygen atoms in total. The summed E-state index contributed by atoms with van der Waals surface area (Å²) >= 11 is 0. The summed E-state index contributed by atoms with van der Waals surface area (Å²) in [5.74, 6) is 0.510. The maximum Gasteiger partial charge on any atom is 0.226 e. The number of fused-ring (bicyclic) bond motifs is 1. The number of aryl methyl sites for hydroxylation is 1. The molecular formula is C19H25FN4. The molecule has 0 saturated carbocycles. The van der Waals surface area contributed by atoms with E-state index in [-0.39, 0.29) is 5.82 Å². The molecule has 1 saturated heterocycles. The van der Waals surface area contributed by atoms with Crippen molar-refractivity contribution in [2.45, 2.75) is 39.2 Å². The number of nitrogens with zero attached hydrogens (tertiary/aromatic N) is 3. The fourth-order valence-electron chi connectivity index (χ4n) is 3.20. The minimum absolute atomic E-state index is 0.247. The number of nitrogens with one attached hydrogen (secondary N) is 1. The van der Waals surface area contributed by atoms with Crippen LogP contribution in [-0.2, 0) is 0 Å². The van der Waals surface area contributed by atoms with E-state index in [1.807, 2.05) is 13.8 Å². The summed E-state index contributed by atoms with van der Waals surface area (Å²) in [6.45, 7) is 10.7. The molecule has 5 heteroatoms. The van der Waals surface area contributed by atoms with E-state index in [4.69, 9.17) is 0 Å². The highest BCUT2D eigenvalue weighted by Crippen LogP contribution is 2.22. The maximum atomic E-state index is 13.4. The molecule has 128 valence electrons. The van der Waals surface area contributed by atoms with Crippen LogP contribution in [0.15, 0.2) is 30.4 Å². The largest absolute Gasteiger partial charge is 0.341 e. The second-order valence-electron chi connectivity index (χ2n) is 6.72. The van der Waals surface area contributed by atoms with Crippen LogP contribution in [0.3, 0.4) is 0 Å². The first-order valence-corrected chi connectivity index (χ1v) is 8.59. The average molecular weight is 328 g/mol.